The highest BCUT2D eigenvalue weighted by Crippen LogP contribution is 2.31. The monoisotopic (exact) mass is 339 g/mol. The van der Waals surface area contributed by atoms with Crippen LogP contribution < -0.4 is 11.1 Å². The van der Waals surface area contributed by atoms with Crippen LogP contribution in [0, 0.1) is 0 Å². The van der Waals surface area contributed by atoms with Crippen molar-refractivity contribution < 1.29 is 9.59 Å². The van der Waals surface area contributed by atoms with E-state index >= 15 is 0 Å². The summed E-state index contributed by atoms with van der Waals surface area (Å²) < 4.78 is 0.937. The molecule has 20 heavy (non-hydrogen) atoms. The molecule has 1 aromatic rings. The standard InChI is InChI=1S/C14H18BrN3O2/c1-2-11(16)14(9-5-3-4-6-10(9)15)18-7-12(19)17-13(20)8-18/h3-6,11,14H,2,7-8,16H2,1H3,(H,17,19,20). The van der Waals surface area contributed by atoms with E-state index in [1.54, 1.807) is 0 Å². The molecule has 3 N–H and O–H groups in total. The summed E-state index contributed by atoms with van der Waals surface area (Å²) in [6.07, 6.45) is 0.762. The molecule has 1 aliphatic heterocycles. The van der Waals surface area contributed by atoms with Crippen molar-refractivity contribution in [2.24, 2.45) is 5.73 Å². The van der Waals surface area contributed by atoms with Crippen LogP contribution in [-0.2, 0) is 9.59 Å². The number of amides is 2. The van der Waals surface area contributed by atoms with Crippen LogP contribution in [0.2, 0.25) is 0 Å². The van der Waals surface area contributed by atoms with Crippen LogP contribution in [0.3, 0.4) is 0 Å². The molecule has 1 aliphatic rings. The molecule has 1 aromatic carbocycles. The highest BCUT2D eigenvalue weighted by atomic mass is 79.9. The third-order valence-corrected chi connectivity index (χ3v) is 4.19. The number of rotatable bonds is 4. The molecule has 0 aromatic heterocycles. The van der Waals surface area contributed by atoms with E-state index in [0.29, 0.717) is 0 Å². The molecule has 0 radical (unpaired) electrons. The minimum absolute atomic E-state index is 0.146. The Kier molecular flexibility index (Phi) is 4.91. The van der Waals surface area contributed by atoms with Gasteiger partial charge in [-0.05, 0) is 18.1 Å². The lowest BCUT2D eigenvalue weighted by Crippen LogP contribution is -2.55. The maximum atomic E-state index is 11.6. The predicted octanol–water partition coefficient (Wildman–Crippen LogP) is 1.19. The highest BCUT2D eigenvalue weighted by molar-refractivity contribution is 9.10. The second-order valence-corrected chi connectivity index (χ2v) is 5.77. The number of hydrogen-bond donors (Lipinski definition) is 2. The van der Waals surface area contributed by atoms with Gasteiger partial charge in [-0.15, -0.1) is 0 Å². The number of nitrogens with zero attached hydrogens (tertiary/aromatic N) is 1. The van der Waals surface area contributed by atoms with Crippen molar-refractivity contribution in [3.63, 3.8) is 0 Å². The van der Waals surface area contributed by atoms with Gasteiger partial charge in [0.05, 0.1) is 19.1 Å². The summed E-state index contributed by atoms with van der Waals surface area (Å²) in [5, 5.41) is 2.32. The van der Waals surface area contributed by atoms with Gasteiger partial charge < -0.3 is 5.73 Å². The van der Waals surface area contributed by atoms with Gasteiger partial charge in [0, 0.05) is 10.5 Å². The molecule has 2 atom stereocenters. The van der Waals surface area contributed by atoms with Gasteiger partial charge in [-0.1, -0.05) is 41.1 Å². The van der Waals surface area contributed by atoms with E-state index in [9.17, 15) is 9.59 Å². The van der Waals surface area contributed by atoms with Crippen LogP contribution in [-0.4, -0.2) is 35.8 Å². The number of imide groups is 1. The van der Waals surface area contributed by atoms with Crippen LogP contribution in [0.4, 0.5) is 0 Å². The highest BCUT2D eigenvalue weighted by Gasteiger charge is 2.33. The molecule has 5 nitrogen and oxygen atoms in total. The van der Waals surface area contributed by atoms with E-state index in [2.05, 4.69) is 21.2 Å². The molecule has 0 bridgehead atoms. The third-order valence-electron chi connectivity index (χ3n) is 3.47. The second kappa shape index (κ2) is 6.47. The summed E-state index contributed by atoms with van der Waals surface area (Å²) in [4.78, 5) is 25.0. The fourth-order valence-electron chi connectivity index (χ4n) is 2.49. The molecule has 6 heteroatoms. The van der Waals surface area contributed by atoms with Gasteiger partial charge in [0.15, 0.2) is 0 Å². The summed E-state index contributed by atoms with van der Waals surface area (Å²) in [7, 11) is 0. The summed E-state index contributed by atoms with van der Waals surface area (Å²) in [5.41, 5.74) is 7.24. The average Bonchev–Trinajstić information content (AvgIpc) is 2.40. The first-order valence-corrected chi connectivity index (χ1v) is 7.39. The second-order valence-electron chi connectivity index (χ2n) is 4.91. The Labute approximate surface area is 126 Å². The van der Waals surface area contributed by atoms with Crippen LogP contribution in [0.5, 0.6) is 0 Å². The molecule has 0 aliphatic carbocycles. The number of carbonyl (C=O) groups is 2. The van der Waals surface area contributed by atoms with Gasteiger partial charge in [-0.25, -0.2) is 0 Å². The number of carbonyl (C=O) groups excluding carboxylic acids is 2. The van der Waals surface area contributed by atoms with E-state index in [0.717, 1.165) is 16.5 Å². The smallest absolute Gasteiger partial charge is 0.240 e. The molecule has 2 rings (SSSR count). The third kappa shape index (κ3) is 3.26. The summed E-state index contributed by atoms with van der Waals surface area (Å²) in [6, 6.07) is 7.47. The van der Waals surface area contributed by atoms with Crippen molar-refractivity contribution in [3.05, 3.63) is 34.3 Å². The zero-order valence-corrected chi connectivity index (χ0v) is 12.9. The van der Waals surface area contributed by atoms with Crippen molar-refractivity contribution >= 4 is 27.7 Å². The largest absolute Gasteiger partial charge is 0.326 e. The molecule has 1 heterocycles. The lowest BCUT2D eigenvalue weighted by atomic mass is 9.95. The molecule has 2 amide bonds. The fraction of sp³-hybridized carbons (Fsp3) is 0.429. The zero-order chi connectivity index (χ0) is 14.7. The number of nitrogens with one attached hydrogen (secondary N) is 1. The van der Waals surface area contributed by atoms with E-state index in [1.165, 1.54) is 0 Å². The van der Waals surface area contributed by atoms with E-state index < -0.39 is 0 Å². The zero-order valence-electron chi connectivity index (χ0n) is 11.3. The fourth-order valence-corrected chi connectivity index (χ4v) is 3.01. The maximum absolute atomic E-state index is 11.6. The Hall–Kier alpha value is -1.24. The maximum Gasteiger partial charge on any atom is 0.240 e. The van der Waals surface area contributed by atoms with Crippen LogP contribution in [0.25, 0.3) is 0 Å². The van der Waals surface area contributed by atoms with Gasteiger partial charge in [0.1, 0.15) is 0 Å². The van der Waals surface area contributed by atoms with E-state index in [-0.39, 0.29) is 37.0 Å². The number of benzene rings is 1. The van der Waals surface area contributed by atoms with Crippen molar-refractivity contribution in [2.45, 2.75) is 25.4 Å². The van der Waals surface area contributed by atoms with Gasteiger partial charge in [0.25, 0.3) is 0 Å². The Morgan fingerprint density at radius 2 is 1.90 bits per heavy atom. The molecule has 1 fully saturated rings. The van der Waals surface area contributed by atoms with Gasteiger partial charge in [-0.3, -0.25) is 19.8 Å². The Balaban J connectivity index is 2.35. The minimum Gasteiger partial charge on any atom is -0.326 e. The van der Waals surface area contributed by atoms with Crippen molar-refractivity contribution in [2.75, 3.05) is 13.1 Å². The lowest BCUT2D eigenvalue weighted by Gasteiger charge is -2.37. The predicted molar refractivity (Wildman–Crippen MR) is 79.9 cm³/mol. The SMILES string of the molecule is CCC(N)C(c1ccccc1Br)N1CC(=O)NC(=O)C1. The topological polar surface area (TPSA) is 75.4 Å². The summed E-state index contributed by atoms with van der Waals surface area (Å²) >= 11 is 3.52. The van der Waals surface area contributed by atoms with Gasteiger partial charge >= 0.3 is 0 Å². The minimum atomic E-state index is -0.276. The Morgan fingerprint density at radius 1 is 1.30 bits per heavy atom. The normalized spacial score (nSPS) is 19.6. The molecular formula is C14H18BrN3O2. The number of halogens is 1. The first-order valence-electron chi connectivity index (χ1n) is 6.59. The Bertz CT molecular complexity index is 505. The first kappa shape index (κ1) is 15.2. The molecular weight excluding hydrogens is 322 g/mol. The molecule has 0 spiro atoms. The van der Waals surface area contributed by atoms with Crippen LogP contribution >= 0.6 is 15.9 Å². The lowest BCUT2D eigenvalue weighted by molar-refractivity contribution is -0.137. The summed E-state index contributed by atoms with van der Waals surface area (Å²) in [6.45, 7) is 2.37. The quantitative estimate of drug-likeness (QED) is 0.808. The Morgan fingerprint density at radius 3 is 2.45 bits per heavy atom. The summed E-state index contributed by atoms with van der Waals surface area (Å²) in [5.74, 6) is -0.553. The van der Waals surface area contributed by atoms with Crippen LogP contribution in [0.15, 0.2) is 28.7 Å². The average molecular weight is 340 g/mol. The molecule has 2 unspecified atom stereocenters. The number of piperazine rings is 1. The van der Waals surface area contributed by atoms with Crippen molar-refractivity contribution in [3.8, 4) is 0 Å². The number of nitrogens with two attached hydrogens (primary N) is 1. The molecule has 1 saturated heterocycles. The van der Waals surface area contributed by atoms with Gasteiger partial charge in [0.2, 0.25) is 11.8 Å². The molecule has 108 valence electrons. The van der Waals surface area contributed by atoms with Crippen LogP contribution in [0.1, 0.15) is 24.9 Å². The number of hydrogen-bond acceptors (Lipinski definition) is 4. The molecule has 0 saturated carbocycles. The van der Waals surface area contributed by atoms with E-state index in [4.69, 9.17) is 5.73 Å². The van der Waals surface area contributed by atoms with Crippen molar-refractivity contribution in [1.29, 1.82) is 0 Å². The van der Waals surface area contributed by atoms with Gasteiger partial charge in [-0.2, -0.15) is 0 Å². The van der Waals surface area contributed by atoms with E-state index in [1.807, 2.05) is 36.1 Å². The van der Waals surface area contributed by atoms with Crippen molar-refractivity contribution in [1.82, 2.24) is 10.2 Å². The first-order chi connectivity index (χ1) is 9.52.